The van der Waals surface area contributed by atoms with Crippen LogP contribution in [0.4, 0.5) is 0 Å². The Morgan fingerprint density at radius 2 is 1.52 bits per heavy atom. The first-order valence-electron chi connectivity index (χ1n) is 10.9. The molecule has 0 aromatic heterocycles. The van der Waals surface area contributed by atoms with Gasteiger partial charge in [0.25, 0.3) is 0 Å². The fourth-order valence-electron chi connectivity index (χ4n) is 6.79. The maximum absolute atomic E-state index is 3.80. The molecule has 7 rings (SSSR count). The highest BCUT2D eigenvalue weighted by Crippen LogP contribution is 2.68. The molecule has 4 aromatic rings. The molecule has 0 amide bonds. The summed E-state index contributed by atoms with van der Waals surface area (Å²) in [6, 6.07) is 29.6. The highest BCUT2D eigenvalue weighted by Gasteiger charge is 2.61. The molecule has 0 heterocycles. The Labute approximate surface area is 191 Å². The van der Waals surface area contributed by atoms with E-state index < -0.39 is 0 Å². The van der Waals surface area contributed by atoms with Crippen LogP contribution in [0.15, 0.2) is 108 Å². The molecule has 3 aliphatic carbocycles. The quantitative estimate of drug-likeness (QED) is 0.249. The molecule has 0 nitrogen and oxygen atoms in total. The first-order valence-corrected chi connectivity index (χ1v) is 11.7. The zero-order valence-electron chi connectivity index (χ0n) is 17.3. The van der Waals surface area contributed by atoms with E-state index in [1.807, 2.05) is 0 Å². The maximum Gasteiger partial charge on any atom is 0.0547 e. The summed E-state index contributed by atoms with van der Waals surface area (Å²) >= 11 is 3.80. The molecule has 0 saturated carbocycles. The number of benzene rings is 4. The molecule has 31 heavy (non-hydrogen) atoms. The minimum Gasteiger partial charge on any atom is -0.0787 e. The average molecular weight is 461 g/mol. The van der Waals surface area contributed by atoms with Gasteiger partial charge in [-0.2, -0.15) is 0 Å². The van der Waals surface area contributed by atoms with Gasteiger partial charge in [-0.15, -0.1) is 0 Å². The van der Waals surface area contributed by atoms with Crippen molar-refractivity contribution in [1.82, 2.24) is 0 Å². The van der Waals surface area contributed by atoms with Crippen molar-refractivity contribution in [3.8, 4) is 11.1 Å². The van der Waals surface area contributed by atoms with E-state index in [1.165, 1.54) is 44.2 Å². The zero-order valence-corrected chi connectivity index (χ0v) is 18.9. The standard InChI is InChI=1S/C30H21Br/c1-29-17-7-6-12-27(29)30(25-11-5-4-10-24(25)29)26-18-20(31)14-16-22(26)23-15-13-19-8-2-3-9-21(19)28(23)30/h2-18,27H,1H3. The second kappa shape index (κ2) is 5.87. The van der Waals surface area contributed by atoms with Gasteiger partial charge in [0.15, 0.2) is 0 Å². The van der Waals surface area contributed by atoms with E-state index in [2.05, 4.69) is 126 Å². The lowest BCUT2D eigenvalue weighted by Crippen LogP contribution is -2.39. The Kier molecular flexibility index (Phi) is 3.36. The monoisotopic (exact) mass is 460 g/mol. The Morgan fingerprint density at radius 3 is 2.42 bits per heavy atom. The van der Waals surface area contributed by atoms with E-state index in [1.54, 1.807) is 0 Å². The van der Waals surface area contributed by atoms with E-state index in [9.17, 15) is 0 Å². The molecule has 0 bridgehead atoms. The third-order valence-corrected chi connectivity index (χ3v) is 8.42. The third-order valence-electron chi connectivity index (χ3n) is 7.92. The minimum atomic E-state index is -0.206. The summed E-state index contributed by atoms with van der Waals surface area (Å²) in [4.78, 5) is 0. The summed E-state index contributed by atoms with van der Waals surface area (Å²) in [6.07, 6.45) is 9.36. The lowest BCUT2D eigenvalue weighted by atomic mass is 9.61. The van der Waals surface area contributed by atoms with Crippen LogP contribution in [0.1, 0.15) is 29.2 Å². The van der Waals surface area contributed by atoms with Gasteiger partial charge in [0, 0.05) is 15.8 Å². The van der Waals surface area contributed by atoms with Gasteiger partial charge in [0.2, 0.25) is 0 Å². The van der Waals surface area contributed by atoms with Crippen molar-refractivity contribution in [1.29, 1.82) is 0 Å². The molecule has 148 valence electrons. The molecule has 0 saturated heterocycles. The Balaban J connectivity index is 1.75. The van der Waals surface area contributed by atoms with Crippen molar-refractivity contribution in [3.05, 3.63) is 130 Å². The van der Waals surface area contributed by atoms with Gasteiger partial charge >= 0.3 is 0 Å². The number of allylic oxidation sites excluding steroid dienone is 4. The third kappa shape index (κ3) is 1.97. The van der Waals surface area contributed by atoms with Crippen LogP contribution >= 0.6 is 15.9 Å². The van der Waals surface area contributed by atoms with Gasteiger partial charge in [0.1, 0.15) is 0 Å². The number of fused-ring (bicyclic) bond motifs is 12. The molecule has 4 aromatic carbocycles. The summed E-state index contributed by atoms with van der Waals surface area (Å²) < 4.78 is 1.14. The van der Waals surface area contributed by atoms with Crippen LogP contribution in [0.5, 0.6) is 0 Å². The maximum atomic E-state index is 3.80. The second-order valence-corrected chi connectivity index (χ2v) is 10.2. The smallest absolute Gasteiger partial charge is 0.0547 e. The first-order chi connectivity index (χ1) is 15.2. The van der Waals surface area contributed by atoms with Crippen LogP contribution in [0, 0.1) is 5.92 Å². The van der Waals surface area contributed by atoms with Gasteiger partial charge in [-0.05, 0) is 56.3 Å². The van der Waals surface area contributed by atoms with Crippen LogP contribution in [0.25, 0.3) is 21.9 Å². The number of halogens is 1. The Morgan fingerprint density at radius 1 is 0.742 bits per heavy atom. The van der Waals surface area contributed by atoms with E-state index in [0.717, 1.165) is 4.47 Å². The molecule has 0 fully saturated rings. The van der Waals surface area contributed by atoms with Crippen LogP contribution in [-0.2, 0) is 10.8 Å². The number of hydrogen-bond donors (Lipinski definition) is 0. The molecule has 0 N–H and O–H groups in total. The van der Waals surface area contributed by atoms with Crippen molar-refractivity contribution in [3.63, 3.8) is 0 Å². The normalized spacial score (nSPS) is 26.7. The predicted octanol–water partition coefficient (Wildman–Crippen LogP) is 7.93. The molecular formula is C30H21Br. The summed E-state index contributed by atoms with van der Waals surface area (Å²) in [6.45, 7) is 2.42. The molecule has 3 aliphatic rings. The fraction of sp³-hybridized carbons (Fsp3) is 0.133. The topological polar surface area (TPSA) is 0 Å². The summed E-state index contributed by atoms with van der Waals surface area (Å²) in [5.74, 6) is 0.322. The second-order valence-electron chi connectivity index (χ2n) is 9.26. The lowest BCUT2D eigenvalue weighted by Gasteiger charge is -2.40. The molecule has 3 atom stereocenters. The molecular weight excluding hydrogens is 440 g/mol. The molecule has 1 spiro atoms. The van der Waals surface area contributed by atoms with Gasteiger partial charge in [-0.1, -0.05) is 114 Å². The van der Waals surface area contributed by atoms with Gasteiger partial charge in [-0.25, -0.2) is 0 Å². The fourth-order valence-corrected chi connectivity index (χ4v) is 7.15. The van der Waals surface area contributed by atoms with Crippen LogP contribution in [-0.4, -0.2) is 0 Å². The summed E-state index contributed by atoms with van der Waals surface area (Å²) in [5, 5.41) is 2.68. The van der Waals surface area contributed by atoms with Gasteiger partial charge < -0.3 is 0 Å². The number of hydrogen-bond acceptors (Lipinski definition) is 0. The van der Waals surface area contributed by atoms with Gasteiger partial charge in [-0.3, -0.25) is 0 Å². The highest BCUT2D eigenvalue weighted by molar-refractivity contribution is 9.10. The Bertz CT molecular complexity index is 1470. The Hall–Kier alpha value is -2.90. The van der Waals surface area contributed by atoms with Crippen molar-refractivity contribution in [2.75, 3.05) is 0 Å². The predicted molar refractivity (Wildman–Crippen MR) is 133 cm³/mol. The van der Waals surface area contributed by atoms with Crippen molar-refractivity contribution in [2.24, 2.45) is 5.92 Å². The molecule has 1 heteroatoms. The summed E-state index contributed by atoms with van der Waals surface area (Å²) in [7, 11) is 0. The SMILES string of the molecule is CC12C=CC=CC1C1(c3cc(Br)ccc3-c3ccc4ccccc4c31)c1ccccc12. The molecule has 0 radical (unpaired) electrons. The number of rotatable bonds is 0. The summed E-state index contributed by atoms with van der Waals surface area (Å²) in [5.41, 5.74) is 8.30. The average Bonchev–Trinajstić information content (AvgIpc) is 3.22. The largest absolute Gasteiger partial charge is 0.0787 e. The van der Waals surface area contributed by atoms with E-state index >= 15 is 0 Å². The van der Waals surface area contributed by atoms with Crippen molar-refractivity contribution < 1.29 is 0 Å². The van der Waals surface area contributed by atoms with E-state index in [0.29, 0.717) is 5.92 Å². The van der Waals surface area contributed by atoms with Crippen molar-refractivity contribution >= 4 is 26.7 Å². The van der Waals surface area contributed by atoms with Crippen molar-refractivity contribution in [2.45, 2.75) is 17.8 Å². The van der Waals surface area contributed by atoms with Crippen LogP contribution in [0.2, 0.25) is 0 Å². The van der Waals surface area contributed by atoms with Crippen LogP contribution < -0.4 is 0 Å². The first kappa shape index (κ1) is 17.7. The molecule has 3 unspecified atom stereocenters. The highest BCUT2D eigenvalue weighted by atomic mass is 79.9. The van der Waals surface area contributed by atoms with Gasteiger partial charge in [0.05, 0.1) is 5.41 Å². The molecule has 0 aliphatic heterocycles. The van der Waals surface area contributed by atoms with E-state index in [4.69, 9.17) is 0 Å². The zero-order chi connectivity index (χ0) is 20.8. The van der Waals surface area contributed by atoms with Crippen LogP contribution in [0.3, 0.4) is 0 Å². The minimum absolute atomic E-state index is 0.0382. The lowest BCUT2D eigenvalue weighted by molar-refractivity contribution is 0.373. The van der Waals surface area contributed by atoms with E-state index in [-0.39, 0.29) is 10.8 Å².